The first-order chi connectivity index (χ1) is 8.93. The number of phenols is 1. The van der Waals surface area contributed by atoms with Crippen molar-refractivity contribution >= 4 is 23.3 Å². The predicted molar refractivity (Wildman–Crippen MR) is 68.0 cm³/mol. The Bertz CT molecular complexity index is 510. The number of rotatable bonds is 5. The minimum Gasteiger partial charge on any atom is -0.507 e. The summed E-state index contributed by atoms with van der Waals surface area (Å²) in [5, 5.41) is 12.1. The molecule has 0 aliphatic carbocycles. The zero-order valence-electron chi connectivity index (χ0n) is 10.7. The highest BCUT2D eigenvalue weighted by atomic mass is 16.5. The molecule has 0 saturated heterocycles. The fourth-order valence-corrected chi connectivity index (χ4v) is 1.49. The molecule has 0 unspecified atom stereocenters. The molecule has 0 spiro atoms. The highest BCUT2D eigenvalue weighted by Crippen LogP contribution is 2.23. The fourth-order valence-electron chi connectivity index (χ4n) is 1.49. The maximum atomic E-state index is 11.8. The molecule has 0 bridgehead atoms. The third kappa shape index (κ3) is 4.42. The number of carbonyl (C=O) groups is 3. The van der Waals surface area contributed by atoms with Crippen LogP contribution in [-0.4, -0.2) is 29.9 Å². The average Bonchev–Trinajstić information content (AvgIpc) is 2.37. The second-order valence-corrected chi connectivity index (χ2v) is 3.91. The molecule has 0 heterocycles. The molecule has 0 saturated carbocycles. The van der Waals surface area contributed by atoms with Crippen molar-refractivity contribution in [1.29, 1.82) is 0 Å². The van der Waals surface area contributed by atoms with Gasteiger partial charge < -0.3 is 15.2 Å². The van der Waals surface area contributed by atoms with Gasteiger partial charge in [0, 0.05) is 19.0 Å². The first-order valence-electron chi connectivity index (χ1n) is 5.64. The van der Waals surface area contributed by atoms with E-state index in [1.165, 1.54) is 32.2 Å². The molecular formula is C13H15NO5. The van der Waals surface area contributed by atoms with Crippen LogP contribution in [0.2, 0.25) is 0 Å². The number of aromatic hydroxyl groups is 1. The number of esters is 1. The van der Waals surface area contributed by atoms with E-state index in [9.17, 15) is 19.5 Å². The average molecular weight is 265 g/mol. The second-order valence-electron chi connectivity index (χ2n) is 3.91. The first kappa shape index (κ1) is 14.7. The molecule has 0 fully saturated rings. The number of hydrogen-bond donors (Lipinski definition) is 2. The molecule has 2 N–H and O–H groups in total. The van der Waals surface area contributed by atoms with Crippen LogP contribution in [0.1, 0.15) is 30.1 Å². The van der Waals surface area contributed by atoms with E-state index in [1.54, 1.807) is 0 Å². The Hall–Kier alpha value is -2.37. The van der Waals surface area contributed by atoms with Crippen molar-refractivity contribution in [3.05, 3.63) is 23.8 Å². The Labute approximate surface area is 110 Å². The van der Waals surface area contributed by atoms with Gasteiger partial charge in [0.1, 0.15) is 5.75 Å². The van der Waals surface area contributed by atoms with Crippen LogP contribution in [-0.2, 0) is 14.3 Å². The van der Waals surface area contributed by atoms with Crippen molar-refractivity contribution in [2.24, 2.45) is 0 Å². The number of Topliss-reactive ketones (excluding diaryl/α,β-unsaturated/α-hetero) is 1. The van der Waals surface area contributed by atoms with Gasteiger partial charge in [0.15, 0.2) is 5.78 Å². The quantitative estimate of drug-likeness (QED) is 0.478. The zero-order valence-corrected chi connectivity index (χ0v) is 10.7. The number of carbonyl (C=O) groups excluding carboxylic acids is 3. The monoisotopic (exact) mass is 265 g/mol. The van der Waals surface area contributed by atoms with Gasteiger partial charge in [0.25, 0.3) is 0 Å². The summed E-state index contributed by atoms with van der Waals surface area (Å²) in [5.74, 6) is -1.36. The van der Waals surface area contributed by atoms with Crippen LogP contribution in [0, 0.1) is 0 Å². The molecule has 1 aromatic carbocycles. The topological polar surface area (TPSA) is 92.7 Å². The summed E-state index contributed by atoms with van der Waals surface area (Å²) in [6, 6.07) is 4.17. The Morgan fingerprint density at radius 1 is 1.26 bits per heavy atom. The highest BCUT2D eigenvalue weighted by Gasteiger charge is 2.14. The van der Waals surface area contributed by atoms with Gasteiger partial charge in [-0.1, -0.05) is 0 Å². The number of benzene rings is 1. The molecule has 0 radical (unpaired) electrons. The van der Waals surface area contributed by atoms with Crippen molar-refractivity contribution in [3.8, 4) is 5.75 Å². The molecule has 6 nitrogen and oxygen atoms in total. The molecule has 1 rings (SSSR count). The summed E-state index contributed by atoms with van der Waals surface area (Å²) in [6.07, 6.45) is -0.122. The van der Waals surface area contributed by atoms with Gasteiger partial charge in [-0.15, -0.1) is 0 Å². The summed E-state index contributed by atoms with van der Waals surface area (Å²) in [6.45, 7) is 1.34. The summed E-state index contributed by atoms with van der Waals surface area (Å²) >= 11 is 0. The van der Waals surface area contributed by atoms with Crippen molar-refractivity contribution in [1.82, 2.24) is 0 Å². The molecule has 19 heavy (non-hydrogen) atoms. The van der Waals surface area contributed by atoms with Crippen LogP contribution in [0.15, 0.2) is 18.2 Å². The van der Waals surface area contributed by atoms with Gasteiger partial charge in [-0.3, -0.25) is 14.4 Å². The molecule has 102 valence electrons. The SMILES string of the molecule is COC(=O)CCC(=O)c1cc(NC(C)=O)ccc1O. The third-order valence-corrected chi connectivity index (χ3v) is 2.40. The van der Waals surface area contributed by atoms with E-state index in [1.807, 2.05) is 0 Å². The Morgan fingerprint density at radius 2 is 1.95 bits per heavy atom. The van der Waals surface area contributed by atoms with E-state index in [2.05, 4.69) is 10.1 Å². The van der Waals surface area contributed by atoms with Crippen LogP contribution in [0.5, 0.6) is 5.75 Å². The number of methoxy groups -OCH3 is 1. The van der Waals surface area contributed by atoms with Crippen LogP contribution in [0.25, 0.3) is 0 Å². The summed E-state index contributed by atoms with van der Waals surface area (Å²) in [5.41, 5.74) is 0.474. The van der Waals surface area contributed by atoms with E-state index in [0.29, 0.717) is 5.69 Å². The lowest BCUT2D eigenvalue weighted by atomic mass is 10.0. The van der Waals surface area contributed by atoms with E-state index in [0.717, 1.165) is 0 Å². The maximum absolute atomic E-state index is 11.8. The normalized spacial score (nSPS) is 9.79. The standard InChI is InChI=1S/C13H15NO5/c1-8(15)14-9-3-4-11(16)10(7-9)12(17)5-6-13(18)19-2/h3-4,7,16H,5-6H2,1-2H3,(H,14,15). The lowest BCUT2D eigenvalue weighted by Gasteiger charge is -2.07. The minimum absolute atomic E-state index is 0.0564. The van der Waals surface area contributed by atoms with Gasteiger partial charge in [0.05, 0.1) is 19.1 Å². The Kier molecular flexibility index (Phi) is 5.05. The molecule has 0 aliphatic rings. The van der Waals surface area contributed by atoms with Crippen molar-refractivity contribution in [3.63, 3.8) is 0 Å². The minimum atomic E-state index is -0.495. The lowest BCUT2D eigenvalue weighted by molar-refractivity contribution is -0.140. The van der Waals surface area contributed by atoms with Crippen molar-refractivity contribution in [2.75, 3.05) is 12.4 Å². The van der Waals surface area contributed by atoms with Gasteiger partial charge in [0.2, 0.25) is 5.91 Å². The highest BCUT2D eigenvalue weighted by molar-refractivity contribution is 6.01. The summed E-state index contributed by atoms with van der Waals surface area (Å²) < 4.78 is 4.43. The lowest BCUT2D eigenvalue weighted by Crippen LogP contribution is -2.09. The third-order valence-electron chi connectivity index (χ3n) is 2.40. The molecule has 6 heteroatoms. The molecule has 1 aromatic rings. The van der Waals surface area contributed by atoms with Crippen LogP contribution in [0.3, 0.4) is 0 Å². The van der Waals surface area contributed by atoms with Gasteiger partial charge in [-0.05, 0) is 18.2 Å². The number of ketones is 1. The van der Waals surface area contributed by atoms with Crippen molar-refractivity contribution in [2.45, 2.75) is 19.8 Å². The number of phenolic OH excluding ortho intramolecular Hbond substituents is 1. The number of hydrogen-bond acceptors (Lipinski definition) is 5. The summed E-state index contributed by atoms with van der Waals surface area (Å²) in [7, 11) is 1.24. The number of nitrogens with one attached hydrogen (secondary N) is 1. The zero-order chi connectivity index (χ0) is 14.4. The largest absolute Gasteiger partial charge is 0.507 e. The molecular weight excluding hydrogens is 250 g/mol. The van der Waals surface area contributed by atoms with Crippen LogP contribution >= 0.6 is 0 Å². The van der Waals surface area contributed by atoms with E-state index >= 15 is 0 Å². The first-order valence-corrected chi connectivity index (χ1v) is 5.64. The van der Waals surface area contributed by atoms with Gasteiger partial charge in [-0.2, -0.15) is 0 Å². The number of anilines is 1. The van der Waals surface area contributed by atoms with E-state index in [4.69, 9.17) is 0 Å². The maximum Gasteiger partial charge on any atom is 0.305 e. The van der Waals surface area contributed by atoms with Crippen molar-refractivity contribution < 1.29 is 24.2 Å². The Morgan fingerprint density at radius 3 is 2.53 bits per heavy atom. The predicted octanol–water partition coefficient (Wildman–Crippen LogP) is 1.49. The molecule has 0 atom stereocenters. The molecule has 0 aromatic heterocycles. The van der Waals surface area contributed by atoms with Gasteiger partial charge >= 0.3 is 5.97 Å². The molecule has 1 amide bonds. The van der Waals surface area contributed by atoms with Gasteiger partial charge in [-0.25, -0.2) is 0 Å². The van der Waals surface area contributed by atoms with Crippen LogP contribution in [0.4, 0.5) is 5.69 Å². The molecule has 0 aliphatic heterocycles. The second kappa shape index (κ2) is 6.53. The fraction of sp³-hybridized carbons (Fsp3) is 0.308. The van der Waals surface area contributed by atoms with Crippen LogP contribution < -0.4 is 5.32 Å². The summed E-state index contributed by atoms with van der Waals surface area (Å²) in [4.78, 5) is 33.7. The van der Waals surface area contributed by atoms with E-state index in [-0.39, 0.29) is 30.1 Å². The Balaban J connectivity index is 2.83. The smallest absolute Gasteiger partial charge is 0.305 e. The number of ether oxygens (including phenoxy) is 1. The van der Waals surface area contributed by atoms with E-state index < -0.39 is 11.8 Å². The number of amides is 1.